The van der Waals surface area contributed by atoms with Crippen LogP contribution in [0.4, 0.5) is 13.2 Å². The summed E-state index contributed by atoms with van der Waals surface area (Å²) < 4.78 is 44.2. The predicted molar refractivity (Wildman–Crippen MR) is 86.6 cm³/mol. The molecule has 1 aliphatic heterocycles. The molecule has 25 heavy (non-hydrogen) atoms. The summed E-state index contributed by atoms with van der Waals surface area (Å²) in [4.78, 5) is 11.8. The molecule has 130 valence electrons. The van der Waals surface area contributed by atoms with E-state index in [4.69, 9.17) is 16.3 Å². The number of carbonyl (C=O) groups is 1. The molecule has 1 unspecified atom stereocenters. The highest BCUT2D eigenvalue weighted by Gasteiger charge is 2.41. The number of halogens is 4. The van der Waals surface area contributed by atoms with Crippen LogP contribution in [-0.2, 0) is 4.79 Å². The van der Waals surface area contributed by atoms with Crippen molar-refractivity contribution in [1.29, 1.82) is 0 Å². The van der Waals surface area contributed by atoms with Crippen LogP contribution in [0.15, 0.2) is 54.1 Å². The van der Waals surface area contributed by atoms with E-state index in [2.05, 4.69) is 0 Å². The van der Waals surface area contributed by atoms with Gasteiger partial charge in [-0.1, -0.05) is 41.9 Å². The second-order valence-electron chi connectivity index (χ2n) is 5.53. The van der Waals surface area contributed by atoms with Crippen LogP contribution in [0.3, 0.4) is 0 Å². The molecular formula is C18H12ClF3O3. The van der Waals surface area contributed by atoms with Gasteiger partial charge in [0.2, 0.25) is 0 Å². The Morgan fingerprint density at radius 3 is 2.44 bits per heavy atom. The van der Waals surface area contributed by atoms with Gasteiger partial charge in [0.1, 0.15) is 11.9 Å². The number of hydrogen-bond acceptors (Lipinski definition) is 2. The molecule has 7 heteroatoms. The molecule has 0 spiro atoms. The standard InChI is InChI=1S/C18H12ClF3O3/c19-11-6-7-13-12(8-11)15(10-4-2-1-3-5-10)16(17(23)24)14(25-13)9-18(20,21)22/h1-8,14H,9H2,(H,23,24). The van der Waals surface area contributed by atoms with Crippen LogP contribution in [0.5, 0.6) is 5.75 Å². The third kappa shape index (κ3) is 3.64. The Hall–Kier alpha value is -2.47. The quantitative estimate of drug-likeness (QED) is 0.834. The van der Waals surface area contributed by atoms with E-state index in [1.54, 1.807) is 30.3 Å². The first-order chi connectivity index (χ1) is 11.8. The molecule has 0 amide bonds. The number of ether oxygens (including phenoxy) is 1. The molecule has 3 rings (SSSR count). The highest BCUT2D eigenvalue weighted by Crippen LogP contribution is 2.43. The molecule has 0 saturated heterocycles. The fraction of sp³-hybridized carbons (Fsp3) is 0.167. The first-order valence-electron chi connectivity index (χ1n) is 7.32. The van der Waals surface area contributed by atoms with E-state index in [-0.39, 0.29) is 11.3 Å². The fourth-order valence-corrected chi connectivity index (χ4v) is 3.01. The predicted octanol–water partition coefficient (Wildman–Crippen LogP) is 4.94. The fourth-order valence-electron chi connectivity index (χ4n) is 2.83. The monoisotopic (exact) mass is 368 g/mol. The molecule has 2 aromatic rings. The van der Waals surface area contributed by atoms with Gasteiger partial charge in [-0.05, 0) is 23.8 Å². The Morgan fingerprint density at radius 1 is 1.16 bits per heavy atom. The van der Waals surface area contributed by atoms with Crippen LogP contribution in [0.2, 0.25) is 5.02 Å². The molecule has 0 saturated carbocycles. The highest BCUT2D eigenvalue weighted by molar-refractivity contribution is 6.31. The Kier molecular flexibility index (Phi) is 4.47. The normalized spacial score (nSPS) is 17.0. The first-order valence-corrected chi connectivity index (χ1v) is 7.70. The molecule has 0 aromatic heterocycles. The molecule has 2 aromatic carbocycles. The van der Waals surface area contributed by atoms with Crippen LogP contribution in [-0.4, -0.2) is 23.4 Å². The topological polar surface area (TPSA) is 46.5 Å². The average molecular weight is 369 g/mol. The summed E-state index contributed by atoms with van der Waals surface area (Å²) in [5.41, 5.74) is 0.595. The molecule has 0 fully saturated rings. The van der Waals surface area contributed by atoms with Gasteiger partial charge in [0, 0.05) is 16.2 Å². The number of rotatable bonds is 3. The summed E-state index contributed by atoms with van der Waals surface area (Å²) in [5, 5.41) is 9.92. The lowest BCUT2D eigenvalue weighted by Gasteiger charge is -2.30. The summed E-state index contributed by atoms with van der Waals surface area (Å²) in [6, 6.07) is 12.8. The summed E-state index contributed by atoms with van der Waals surface area (Å²) in [5.74, 6) is -1.29. The Morgan fingerprint density at radius 2 is 1.84 bits per heavy atom. The SMILES string of the molecule is O=C(O)C1=C(c2ccccc2)c2cc(Cl)ccc2OC1CC(F)(F)F. The number of carboxylic acids is 1. The average Bonchev–Trinajstić information content (AvgIpc) is 2.53. The lowest BCUT2D eigenvalue weighted by molar-refractivity contribution is -0.150. The number of aliphatic carboxylic acids is 1. The first kappa shape index (κ1) is 17.4. The Bertz CT molecular complexity index is 844. The zero-order valence-electron chi connectivity index (χ0n) is 12.7. The van der Waals surface area contributed by atoms with Crippen LogP contribution in [0.25, 0.3) is 5.57 Å². The molecule has 1 aliphatic rings. The van der Waals surface area contributed by atoms with E-state index in [0.717, 1.165) is 0 Å². The summed E-state index contributed by atoms with van der Waals surface area (Å²) >= 11 is 5.99. The molecule has 3 nitrogen and oxygen atoms in total. The maximum absolute atomic E-state index is 12.9. The van der Waals surface area contributed by atoms with Crippen molar-refractivity contribution < 1.29 is 27.8 Å². The van der Waals surface area contributed by atoms with Gasteiger partial charge in [0.25, 0.3) is 0 Å². The van der Waals surface area contributed by atoms with E-state index >= 15 is 0 Å². The van der Waals surface area contributed by atoms with E-state index in [1.807, 2.05) is 0 Å². The molecule has 1 atom stereocenters. The van der Waals surface area contributed by atoms with Gasteiger partial charge < -0.3 is 9.84 Å². The van der Waals surface area contributed by atoms with Crippen molar-refractivity contribution in [3.63, 3.8) is 0 Å². The third-order valence-corrected chi connectivity index (χ3v) is 4.02. The van der Waals surface area contributed by atoms with E-state index in [1.165, 1.54) is 18.2 Å². The summed E-state index contributed by atoms with van der Waals surface area (Å²) in [6.45, 7) is 0. The van der Waals surface area contributed by atoms with Gasteiger partial charge in [0.15, 0.2) is 0 Å². The van der Waals surface area contributed by atoms with Crippen molar-refractivity contribution in [1.82, 2.24) is 0 Å². The van der Waals surface area contributed by atoms with Crippen molar-refractivity contribution >= 4 is 23.1 Å². The lowest BCUT2D eigenvalue weighted by atomic mass is 9.87. The maximum Gasteiger partial charge on any atom is 0.392 e. The van der Waals surface area contributed by atoms with E-state index < -0.39 is 30.2 Å². The van der Waals surface area contributed by atoms with Crippen LogP contribution < -0.4 is 4.74 Å². The lowest BCUT2D eigenvalue weighted by Crippen LogP contribution is -2.33. The number of alkyl halides is 3. The van der Waals surface area contributed by atoms with E-state index in [0.29, 0.717) is 16.1 Å². The molecule has 0 bridgehead atoms. The van der Waals surface area contributed by atoms with Gasteiger partial charge in [-0.3, -0.25) is 0 Å². The number of benzene rings is 2. The van der Waals surface area contributed by atoms with Crippen molar-refractivity contribution in [2.45, 2.75) is 18.7 Å². The molecule has 1 heterocycles. The summed E-state index contributed by atoms with van der Waals surface area (Å²) in [7, 11) is 0. The Balaban J connectivity index is 2.28. The van der Waals surface area contributed by atoms with Crippen LogP contribution in [0, 0.1) is 0 Å². The molecule has 1 N–H and O–H groups in total. The molecule has 0 aliphatic carbocycles. The minimum atomic E-state index is -4.57. The maximum atomic E-state index is 12.9. The van der Waals surface area contributed by atoms with Gasteiger partial charge >= 0.3 is 12.1 Å². The second-order valence-corrected chi connectivity index (χ2v) is 5.96. The smallest absolute Gasteiger partial charge is 0.392 e. The van der Waals surface area contributed by atoms with Crippen molar-refractivity contribution in [2.24, 2.45) is 0 Å². The van der Waals surface area contributed by atoms with Gasteiger partial charge in [0.05, 0.1) is 12.0 Å². The van der Waals surface area contributed by atoms with Crippen LogP contribution >= 0.6 is 11.6 Å². The largest absolute Gasteiger partial charge is 0.484 e. The third-order valence-electron chi connectivity index (χ3n) is 3.78. The van der Waals surface area contributed by atoms with Crippen molar-refractivity contribution in [3.8, 4) is 5.75 Å². The zero-order chi connectivity index (χ0) is 18.2. The minimum Gasteiger partial charge on any atom is -0.484 e. The zero-order valence-corrected chi connectivity index (χ0v) is 13.4. The minimum absolute atomic E-state index is 0.169. The Labute approximate surface area is 146 Å². The highest BCUT2D eigenvalue weighted by atomic mass is 35.5. The van der Waals surface area contributed by atoms with Crippen molar-refractivity contribution in [2.75, 3.05) is 0 Å². The molecular weight excluding hydrogens is 357 g/mol. The molecule has 0 radical (unpaired) electrons. The van der Waals surface area contributed by atoms with Crippen molar-refractivity contribution in [3.05, 3.63) is 70.3 Å². The number of hydrogen-bond donors (Lipinski definition) is 1. The number of carboxylic acid groups (broad SMARTS) is 1. The van der Waals surface area contributed by atoms with Gasteiger partial charge in [-0.2, -0.15) is 13.2 Å². The number of fused-ring (bicyclic) bond motifs is 1. The second kappa shape index (κ2) is 6.44. The summed E-state index contributed by atoms with van der Waals surface area (Å²) in [6.07, 6.45) is -7.61. The van der Waals surface area contributed by atoms with Gasteiger partial charge in [-0.15, -0.1) is 0 Å². The van der Waals surface area contributed by atoms with Gasteiger partial charge in [-0.25, -0.2) is 4.79 Å². The van der Waals surface area contributed by atoms with Crippen LogP contribution in [0.1, 0.15) is 17.5 Å². The van der Waals surface area contributed by atoms with E-state index in [9.17, 15) is 23.1 Å².